The van der Waals surface area contributed by atoms with E-state index in [0.29, 0.717) is 17.9 Å². The van der Waals surface area contributed by atoms with Crippen LogP contribution >= 0.6 is 0 Å². The number of hydrogen-bond acceptors (Lipinski definition) is 4. The zero-order valence-corrected chi connectivity index (χ0v) is 12.9. The second-order valence-corrected chi connectivity index (χ2v) is 6.39. The minimum absolute atomic E-state index is 0.117. The van der Waals surface area contributed by atoms with Crippen LogP contribution < -0.4 is 0 Å². The molecule has 4 rings (SSSR count). The summed E-state index contributed by atoms with van der Waals surface area (Å²) in [4.78, 5) is 16.9. The summed E-state index contributed by atoms with van der Waals surface area (Å²) in [6, 6.07) is 5.15. The summed E-state index contributed by atoms with van der Waals surface area (Å²) in [7, 11) is 0. The average Bonchev–Trinajstić information content (AvgIpc) is 3.15. The van der Waals surface area contributed by atoms with E-state index < -0.39 is 0 Å². The van der Waals surface area contributed by atoms with Gasteiger partial charge in [-0.1, -0.05) is 6.07 Å². The molecular formula is C19H19NO3. The Labute approximate surface area is 135 Å². The highest BCUT2D eigenvalue weighted by molar-refractivity contribution is 6.26. The van der Waals surface area contributed by atoms with E-state index in [0.717, 1.165) is 49.2 Å². The molecule has 0 unspecified atom stereocenters. The van der Waals surface area contributed by atoms with Crippen LogP contribution in [0.2, 0.25) is 0 Å². The molecule has 1 fully saturated rings. The maximum atomic E-state index is 12.3. The lowest BCUT2D eigenvalue weighted by atomic mass is 9.91. The third-order valence-corrected chi connectivity index (χ3v) is 4.84. The number of hydrogen-bond donors (Lipinski definition) is 1. The van der Waals surface area contributed by atoms with Crippen LogP contribution in [0.25, 0.3) is 5.57 Å². The molecule has 0 spiro atoms. The summed E-state index contributed by atoms with van der Waals surface area (Å²) in [5.74, 6) is 0.821. The molecule has 1 N–H and O–H groups in total. The van der Waals surface area contributed by atoms with Gasteiger partial charge in [0.05, 0.1) is 0 Å². The normalized spacial score (nSPS) is 23.1. The number of nitrogens with zero attached hydrogens (tertiary/aromatic N) is 1. The van der Waals surface area contributed by atoms with Crippen LogP contribution in [-0.4, -0.2) is 29.8 Å². The van der Waals surface area contributed by atoms with Gasteiger partial charge >= 0.3 is 0 Å². The van der Waals surface area contributed by atoms with Crippen molar-refractivity contribution in [2.24, 2.45) is 10.9 Å². The van der Waals surface area contributed by atoms with Crippen molar-refractivity contribution in [3.63, 3.8) is 0 Å². The monoisotopic (exact) mass is 309 g/mol. The number of phenols is 1. The van der Waals surface area contributed by atoms with Gasteiger partial charge in [-0.25, -0.2) is 0 Å². The summed E-state index contributed by atoms with van der Waals surface area (Å²) in [5, 5.41) is 9.69. The number of allylic oxidation sites excluding steroid dienone is 3. The van der Waals surface area contributed by atoms with E-state index in [1.54, 1.807) is 12.1 Å². The van der Waals surface area contributed by atoms with E-state index in [1.165, 1.54) is 5.71 Å². The first-order chi connectivity index (χ1) is 11.2. The van der Waals surface area contributed by atoms with Gasteiger partial charge in [0.25, 0.3) is 0 Å². The maximum Gasteiger partial charge on any atom is 0.167 e. The van der Waals surface area contributed by atoms with E-state index >= 15 is 0 Å². The van der Waals surface area contributed by atoms with Gasteiger partial charge in [0.2, 0.25) is 0 Å². The lowest BCUT2D eigenvalue weighted by Gasteiger charge is -2.22. The highest BCUT2D eigenvalue weighted by Crippen LogP contribution is 2.34. The summed E-state index contributed by atoms with van der Waals surface area (Å²) in [6.07, 6.45) is 7.13. The molecule has 0 bridgehead atoms. The van der Waals surface area contributed by atoms with E-state index in [2.05, 4.69) is 4.99 Å². The fourth-order valence-electron chi connectivity index (χ4n) is 3.57. The minimum Gasteiger partial charge on any atom is -0.508 e. The van der Waals surface area contributed by atoms with Gasteiger partial charge in [0.15, 0.2) is 5.78 Å². The molecule has 0 amide bonds. The quantitative estimate of drug-likeness (QED) is 0.854. The SMILES string of the molecule is O=C1Cc2ccc(O)cc2/C1=C/C1=CN=C(C2CCOCC2)C1. The van der Waals surface area contributed by atoms with Crippen LogP contribution in [0.3, 0.4) is 0 Å². The van der Waals surface area contributed by atoms with Gasteiger partial charge in [-0.05, 0) is 47.8 Å². The predicted molar refractivity (Wildman–Crippen MR) is 88.5 cm³/mol. The Morgan fingerprint density at radius 1 is 1.22 bits per heavy atom. The van der Waals surface area contributed by atoms with Crippen LogP contribution in [0.4, 0.5) is 0 Å². The number of ketones is 1. The third-order valence-electron chi connectivity index (χ3n) is 4.84. The number of rotatable bonds is 2. The molecule has 4 heteroatoms. The molecule has 23 heavy (non-hydrogen) atoms. The van der Waals surface area contributed by atoms with E-state index in [-0.39, 0.29) is 11.5 Å². The van der Waals surface area contributed by atoms with Crippen molar-refractivity contribution < 1.29 is 14.6 Å². The average molecular weight is 309 g/mol. The standard InChI is InChI=1S/C19H19NO3/c21-15-2-1-14-9-19(22)17(16(14)10-15)7-12-8-18(20-11-12)13-3-5-23-6-4-13/h1-2,7,10-11,13,21H,3-6,8-9H2/b17-7-. The van der Waals surface area contributed by atoms with Gasteiger partial charge in [-0.2, -0.15) is 0 Å². The van der Waals surface area contributed by atoms with Gasteiger partial charge in [-0.15, -0.1) is 0 Å². The van der Waals surface area contributed by atoms with Crippen molar-refractivity contribution >= 4 is 17.1 Å². The fraction of sp³-hybridized carbons (Fsp3) is 0.368. The van der Waals surface area contributed by atoms with Gasteiger partial charge in [0, 0.05) is 49.5 Å². The zero-order chi connectivity index (χ0) is 15.8. The second-order valence-electron chi connectivity index (χ2n) is 6.39. The number of carbonyl (C=O) groups is 1. The third kappa shape index (κ3) is 2.75. The molecule has 1 saturated heterocycles. The Bertz CT molecular complexity index is 752. The molecule has 2 heterocycles. The Morgan fingerprint density at radius 2 is 2.04 bits per heavy atom. The van der Waals surface area contributed by atoms with Crippen molar-refractivity contribution in [1.82, 2.24) is 0 Å². The molecule has 0 aromatic heterocycles. The van der Waals surface area contributed by atoms with Crippen molar-refractivity contribution in [3.8, 4) is 5.75 Å². The predicted octanol–water partition coefficient (Wildman–Crippen LogP) is 3.06. The number of Topliss-reactive ketones (excluding diaryl/α,β-unsaturated/α-hetero) is 1. The summed E-state index contributed by atoms with van der Waals surface area (Å²) >= 11 is 0. The minimum atomic E-state index is 0.117. The van der Waals surface area contributed by atoms with Crippen LogP contribution in [0.5, 0.6) is 5.75 Å². The van der Waals surface area contributed by atoms with Crippen molar-refractivity contribution in [1.29, 1.82) is 0 Å². The number of carbonyl (C=O) groups excluding carboxylic acids is 1. The van der Waals surface area contributed by atoms with E-state index in [1.807, 2.05) is 18.3 Å². The molecule has 2 aliphatic heterocycles. The number of benzene rings is 1. The van der Waals surface area contributed by atoms with Crippen LogP contribution in [0.15, 0.2) is 41.0 Å². The Kier molecular flexibility index (Phi) is 3.62. The van der Waals surface area contributed by atoms with Crippen LogP contribution in [-0.2, 0) is 16.0 Å². The maximum absolute atomic E-state index is 12.3. The van der Waals surface area contributed by atoms with Crippen molar-refractivity contribution in [3.05, 3.63) is 47.2 Å². The molecule has 4 nitrogen and oxygen atoms in total. The molecule has 3 aliphatic rings. The number of aromatic hydroxyl groups is 1. The molecule has 0 atom stereocenters. The molecule has 0 saturated carbocycles. The number of fused-ring (bicyclic) bond motifs is 1. The van der Waals surface area contributed by atoms with Gasteiger partial charge in [-0.3, -0.25) is 9.79 Å². The highest BCUT2D eigenvalue weighted by atomic mass is 16.5. The first-order valence-corrected chi connectivity index (χ1v) is 8.11. The number of phenolic OH excluding ortho intramolecular Hbond substituents is 1. The summed E-state index contributed by atoms with van der Waals surface area (Å²) < 4.78 is 5.41. The fourth-order valence-corrected chi connectivity index (χ4v) is 3.57. The zero-order valence-electron chi connectivity index (χ0n) is 12.9. The van der Waals surface area contributed by atoms with Crippen molar-refractivity contribution in [2.45, 2.75) is 25.7 Å². The number of aliphatic imine (C=N–C) groups is 1. The molecule has 1 aromatic carbocycles. The lowest BCUT2D eigenvalue weighted by Crippen LogP contribution is -2.22. The van der Waals surface area contributed by atoms with E-state index in [9.17, 15) is 9.90 Å². The highest BCUT2D eigenvalue weighted by Gasteiger charge is 2.27. The lowest BCUT2D eigenvalue weighted by molar-refractivity contribution is -0.112. The van der Waals surface area contributed by atoms with Gasteiger partial charge < -0.3 is 9.84 Å². The Morgan fingerprint density at radius 3 is 2.87 bits per heavy atom. The molecule has 1 aliphatic carbocycles. The number of ether oxygens (including phenoxy) is 1. The summed E-state index contributed by atoms with van der Waals surface area (Å²) in [6.45, 7) is 1.62. The van der Waals surface area contributed by atoms with Gasteiger partial charge in [0.1, 0.15) is 5.75 Å². The van der Waals surface area contributed by atoms with E-state index in [4.69, 9.17) is 4.74 Å². The molecule has 1 aromatic rings. The topological polar surface area (TPSA) is 58.9 Å². The largest absolute Gasteiger partial charge is 0.508 e. The first kappa shape index (κ1) is 14.4. The van der Waals surface area contributed by atoms with Crippen LogP contribution in [0.1, 0.15) is 30.4 Å². The molecule has 0 radical (unpaired) electrons. The second kappa shape index (κ2) is 5.78. The first-order valence-electron chi connectivity index (χ1n) is 8.11. The molecule has 118 valence electrons. The smallest absolute Gasteiger partial charge is 0.167 e. The summed E-state index contributed by atoms with van der Waals surface area (Å²) in [5.41, 5.74) is 4.83. The Hall–Kier alpha value is -2.20. The van der Waals surface area contributed by atoms with Crippen molar-refractivity contribution in [2.75, 3.05) is 13.2 Å². The Balaban J connectivity index is 1.54. The van der Waals surface area contributed by atoms with Crippen LogP contribution in [0, 0.1) is 5.92 Å². The molecular weight excluding hydrogens is 290 g/mol.